The maximum Gasteiger partial charge on any atom is 0.342 e. The number of esters is 1. The first kappa shape index (κ1) is 19.1. The molecule has 0 aliphatic heterocycles. The molecule has 0 bridgehead atoms. The van der Waals surface area contributed by atoms with Gasteiger partial charge in [0.2, 0.25) is 0 Å². The van der Waals surface area contributed by atoms with Crippen LogP contribution in [0.25, 0.3) is 0 Å². The highest BCUT2D eigenvalue weighted by molar-refractivity contribution is 6.35. The number of hydrogen-bond acceptors (Lipinski definition) is 4. The average Bonchev–Trinajstić information content (AvgIpc) is 2.58. The smallest absolute Gasteiger partial charge is 0.342 e. The zero-order valence-corrected chi connectivity index (χ0v) is 15.3. The molecule has 0 saturated heterocycles. The van der Waals surface area contributed by atoms with E-state index in [1.165, 1.54) is 7.11 Å². The fourth-order valence-electron chi connectivity index (χ4n) is 2.10. The number of aryl methyl sites for hydroxylation is 1. The van der Waals surface area contributed by atoms with E-state index in [4.69, 9.17) is 32.7 Å². The first-order valence-corrected chi connectivity index (χ1v) is 8.18. The van der Waals surface area contributed by atoms with E-state index >= 15 is 0 Å². The average molecular weight is 382 g/mol. The molecule has 1 amide bonds. The summed E-state index contributed by atoms with van der Waals surface area (Å²) in [6.07, 6.45) is 0. The quantitative estimate of drug-likeness (QED) is 0.773. The van der Waals surface area contributed by atoms with Crippen molar-refractivity contribution in [1.82, 2.24) is 5.32 Å². The van der Waals surface area contributed by atoms with Crippen LogP contribution in [0.1, 0.15) is 21.5 Å². The number of methoxy groups -OCH3 is 1. The van der Waals surface area contributed by atoms with Gasteiger partial charge in [-0.25, -0.2) is 4.79 Å². The van der Waals surface area contributed by atoms with Gasteiger partial charge in [-0.2, -0.15) is 0 Å². The number of amides is 1. The second kappa shape index (κ2) is 8.74. The second-order valence-electron chi connectivity index (χ2n) is 5.29. The molecular weight excluding hydrogens is 365 g/mol. The molecule has 0 unspecified atom stereocenters. The van der Waals surface area contributed by atoms with Crippen LogP contribution in [0.5, 0.6) is 5.75 Å². The van der Waals surface area contributed by atoms with Crippen LogP contribution < -0.4 is 10.1 Å². The number of rotatable bonds is 6. The second-order valence-corrected chi connectivity index (χ2v) is 6.14. The number of carbonyl (C=O) groups excluding carboxylic acids is 2. The molecule has 25 heavy (non-hydrogen) atoms. The van der Waals surface area contributed by atoms with Gasteiger partial charge in [0.15, 0.2) is 6.61 Å². The topological polar surface area (TPSA) is 64.6 Å². The Hall–Kier alpha value is -2.24. The normalized spacial score (nSPS) is 10.2. The van der Waals surface area contributed by atoms with E-state index in [2.05, 4.69) is 5.32 Å². The summed E-state index contributed by atoms with van der Waals surface area (Å²) in [4.78, 5) is 24.0. The molecule has 0 aromatic heterocycles. The number of hydrogen-bond donors (Lipinski definition) is 1. The summed E-state index contributed by atoms with van der Waals surface area (Å²) in [5.74, 6) is -0.671. The van der Waals surface area contributed by atoms with Gasteiger partial charge in [-0.1, -0.05) is 40.9 Å². The van der Waals surface area contributed by atoms with Gasteiger partial charge < -0.3 is 14.8 Å². The van der Waals surface area contributed by atoms with Crippen LogP contribution in [0.4, 0.5) is 0 Å². The molecule has 0 heterocycles. The zero-order chi connectivity index (χ0) is 18.4. The molecule has 0 saturated carbocycles. The van der Waals surface area contributed by atoms with Gasteiger partial charge in [-0.3, -0.25) is 4.79 Å². The van der Waals surface area contributed by atoms with E-state index in [9.17, 15) is 9.59 Å². The molecule has 2 rings (SSSR count). The minimum absolute atomic E-state index is 0.208. The summed E-state index contributed by atoms with van der Waals surface area (Å²) in [7, 11) is 1.46. The van der Waals surface area contributed by atoms with Gasteiger partial charge in [0.05, 0.1) is 7.11 Å². The predicted molar refractivity (Wildman–Crippen MR) is 96.3 cm³/mol. The highest BCUT2D eigenvalue weighted by Gasteiger charge is 2.15. The van der Waals surface area contributed by atoms with Crippen LogP contribution in [-0.2, 0) is 16.1 Å². The lowest BCUT2D eigenvalue weighted by atomic mass is 10.1. The summed E-state index contributed by atoms with van der Waals surface area (Å²) in [5.41, 5.74) is 1.87. The minimum Gasteiger partial charge on any atom is -0.496 e. The predicted octanol–water partition coefficient (Wildman–Crippen LogP) is 3.78. The molecule has 0 fully saturated rings. The fourth-order valence-corrected chi connectivity index (χ4v) is 2.58. The maximum absolute atomic E-state index is 12.1. The molecule has 0 atom stereocenters. The third-order valence-electron chi connectivity index (χ3n) is 3.40. The Labute approximate surface area is 155 Å². The van der Waals surface area contributed by atoms with Crippen molar-refractivity contribution in [3.63, 3.8) is 0 Å². The van der Waals surface area contributed by atoms with Crippen LogP contribution in [0.15, 0.2) is 36.4 Å². The van der Waals surface area contributed by atoms with Crippen molar-refractivity contribution in [2.75, 3.05) is 13.7 Å². The van der Waals surface area contributed by atoms with Gasteiger partial charge in [0, 0.05) is 16.6 Å². The molecule has 0 aliphatic carbocycles. The lowest BCUT2D eigenvalue weighted by molar-refractivity contribution is -0.124. The lowest BCUT2D eigenvalue weighted by Crippen LogP contribution is -2.28. The Morgan fingerprint density at radius 1 is 1.12 bits per heavy atom. The molecule has 132 valence electrons. The van der Waals surface area contributed by atoms with E-state index in [1.54, 1.807) is 30.3 Å². The Kier molecular flexibility index (Phi) is 6.67. The third-order valence-corrected chi connectivity index (χ3v) is 3.99. The maximum atomic E-state index is 12.1. The van der Waals surface area contributed by atoms with E-state index in [0.29, 0.717) is 21.4 Å². The largest absolute Gasteiger partial charge is 0.496 e. The first-order chi connectivity index (χ1) is 11.9. The van der Waals surface area contributed by atoms with Crippen molar-refractivity contribution in [3.05, 3.63) is 63.1 Å². The van der Waals surface area contributed by atoms with Crippen LogP contribution in [0.3, 0.4) is 0 Å². The van der Waals surface area contributed by atoms with Gasteiger partial charge >= 0.3 is 5.97 Å². The Morgan fingerprint density at radius 2 is 1.88 bits per heavy atom. The van der Waals surface area contributed by atoms with Crippen molar-refractivity contribution in [3.8, 4) is 5.75 Å². The van der Waals surface area contributed by atoms with Crippen LogP contribution >= 0.6 is 23.2 Å². The van der Waals surface area contributed by atoms with Gasteiger partial charge in [-0.05, 0) is 36.8 Å². The molecular formula is C18H17Cl2NO4. The fraction of sp³-hybridized carbons (Fsp3) is 0.222. The van der Waals surface area contributed by atoms with Crippen molar-refractivity contribution in [1.29, 1.82) is 0 Å². The molecule has 0 radical (unpaired) electrons. The molecule has 5 nitrogen and oxygen atoms in total. The molecule has 0 aliphatic rings. The van der Waals surface area contributed by atoms with Gasteiger partial charge in [-0.15, -0.1) is 0 Å². The minimum atomic E-state index is -0.625. The summed E-state index contributed by atoms with van der Waals surface area (Å²) in [5, 5.41) is 3.60. The van der Waals surface area contributed by atoms with Crippen LogP contribution in [0.2, 0.25) is 10.0 Å². The van der Waals surface area contributed by atoms with Crippen molar-refractivity contribution in [2.45, 2.75) is 13.5 Å². The monoisotopic (exact) mass is 381 g/mol. The highest BCUT2D eigenvalue weighted by Crippen LogP contribution is 2.21. The lowest BCUT2D eigenvalue weighted by Gasteiger charge is -2.10. The van der Waals surface area contributed by atoms with E-state index < -0.39 is 18.5 Å². The molecule has 7 heteroatoms. The van der Waals surface area contributed by atoms with Crippen molar-refractivity contribution < 1.29 is 19.1 Å². The van der Waals surface area contributed by atoms with Crippen molar-refractivity contribution in [2.24, 2.45) is 0 Å². The SMILES string of the molecule is COc1ccc(C)cc1C(=O)OCC(=O)NCc1ccc(Cl)cc1Cl. The number of nitrogens with one attached hydrogen (secondary N) is 1. The highest BCUT2D eigenvalue weighted by atomic mass is 35.5. The number of benzene rings is 2. The standard InChI is InChI=1S/C18H17Cl2NO4/c1-11-3-6-16(24-2)14(7-11)18(23)25-10-17(22)21-9-12-4-5-13(19)8-15(12)20/h3-8H,9-10H2,1-2H3,(H,21,22). The Morgan fingerprint density at radius 3 is 2.56 bits per heavy atom. The molecule has 2 aromatic carbocycles. The molecule has 1 N–H and O–H groups in total. The molecule has 0 spiro atoms. The number of ether oxygens (including phenoxy) is 2. The summed E-state index contributed by atoms with van der Waals surface area (Å²) >= 11 is 11.9. The van der Waals surface area contributed by atoms with Gasteiger partial charge in [0.1, 0.15) is 11.3 Å². The van der Waals surface area contributed by atoms with Crippen molar-refractivity contribution >= 4 is 35.1 Å². The summed E-state index contributed by atoms with van der Waals surface area (Å²) < 4.78 is 10.2. The Bertz CT molecular complexity index is 793. The van der Waals surface area contributed by atoms with Crippen LogP contribution in [0, 0.1) is 6.92 Å². The zero-order valence-electron chi connectivity index (χ0n) is 13.8. The number of halogens is 2. The summed E-state index contributed by atoms with van der Waals surface area (Å²) in [6.45, 7) is 1.65. The van der Waals surface area contributed by atoms with E-state index in [-0.39, 0.29) is 12.1 Å². The van der Waals surface area contributed by atoms with Gasteiger partial charge in [0.25, 0.3) is 5.91 Å². The Balaban J connectivity index is 1.89. The third kappa shape index (κ3) is 5.37. The van der Waals surface area contributed by atoms with Crippen LogP contribution in [-0.4, -0.2) is 25.6 Å². The first-order valence-electron chi connectivity index (χ1n) is 7.43. The number of carbonyl (C=O) groups is 2. The van der Waals surface area contributed by atoms with E-state index in [1.807, 2.05) is 13.0 Å². The van der Waals surface area contributed by atoms with E-state index in [0.717, 1.165) is 5.56 Å². The molecule has 2 aromatic rings. The summed E-state index contributed by atoms with van der Waals surface area (Å²) in [6, 6.07) is 10.1.